The molecule has 0 saturated heterocycles. The molecule has 2 aromatic rings. The Hall–Kier alpha value is -2.62. The third-order valence-electron chi connectivity index (χ3n) is 5.27. The molecule has 3 rings (SSSR count). The molecule has 0 radical (unpaired) electrons. The molecule has 8 nitrogen and oxygen atoms in total. The maximum absolute atomic E-state index is 13.0. The lowest BCUT2D eigenvalue weighted by Crippen LogP contribution is -2.41. The van der Waals surface area contributed by atoms with Gasteiger partial charge < -0.3 is 19.3 Å². The molecule has 0 aliphatic carbocycles. The van der Waals surface area contributed by atoms with Crippen molar-refractivity contribution in [1.82, 2.24) is 9.62 Å². The van der Waals surface area contributed by atoms with Gasteiger partial charge in [0.05, 0.1) is 24.2 Å². The van der Waals surface area contributed by atoms with Gasteiger partial charge in [-0.15, -0.1) is 0 Å². The summed E-state index contributed by atoms with van der Waals surface area (Å²) in [6.45, 7) is 3.88. The van der Waals surface area contributed by atoms with Gasteiger partial charge in [0.2, 0.25) is 15.9 Å². The normalized spacial score (nSPS) is 17.1. The summed E-state index contributed by atoms with van der Waals surface area (Å²) in [5.41, 5.74) is 1.43. The van der Waals surface area contributed by atoms with Crippen LogP contribution in [0.4, 0.5) is 5.69 Å². The molecule has 1 N–H and O–H groups in total. The van der Waals surface area contributed by atoms with Crippen LogP contribution >= 0.6 is 0 Å². The molecule has 1 aliphatic rings. The molecule has 2 unspecified atom stereocenters. The summed E-state index contributed by atoms with van der Waals surface area (Å²) in [5, 5.41) is 0. The van der Waals surface area contributed by atoms with Crippen molar-refractivity contribution < 1.29 is 22.7 Å². The number of rotatable bonds is 7. The number of amides is 1. The van der Waals surface area contributed by atoms with E-state index in [9.17, 15) is 13.2 Å². The predicted molar refractivity (Wildman–Crippen MR) is 119 cm³/mol. The number of benzene rings is 2. The van der Waals surface area contributed by atoms with Crippen LogP contribution in [-0.4, -0.2) is 59.6 Å². The average molecular weight is 448 g/mol. The summed E-state index contributed by atoms with van der Waals surface area (Å²) >= 11 is 0. The molecule has 9 heteroatoms. The Bertz CT molecular complexity index is 1040. The molecule has 0 spiro atoms. The first kappa shape index (κ1) is 23.1. The standard InChI is InChI=1S/C22H29N3O5S/c1-15-14-25(16(2)26)20-12-19(10-11-22(20)30-15)31(27,28)23-13-21(24(3)4)17-6-8-18(29-5)9-7-17/h6-12,15,21,23H,13-14H2,1-5H3. The van der Waals surface area contributed by atoms with Gasteiger partial charge in [-0.25, -0.2) is 13.1 Å². The summed E-state index contributed by atoms with van der Waals surface area (Å²) in [4.78, 5) is 15.6. The van der Waals surface area contributed by atoms with E-state index >= 15 is 0 Å². The number of fused-ring (bicyclic) bond motifs is 1. The predicted octanol–water partition coefficient (Wildman–Crippen LogP) is 2.41. The van der Waals surface area contributed by atoms with Gasteiger partial charge in [-0.1, -0.05) is 12.1 Å². The SMILES string of the molecule is COc1ccc(C(CNS(=O)(=O)c2ccc3c(c2)N(C(C)=O)CC(C)O3)N(C)C)cc1. The molecular formula is C22H29N3O5S. The molecule has 0 bridgehead atoms. The average Bonchev–Trinajstić information content (AvgIpc) is 2.72. The minimum absolute atomic E-state index is 0.0860. The number of nitrogens with one attached hydrogen (secondary N) is 1. The number of likely N-dealkylation sites (N-methyl/N-ethyl adjacent to an activating group) is 1. The van der Waals surface area contributed by atoms with Crippen molar-refractivity contribution in [2.75, 3.05) is 39.2 Å². The number of anilines is 1. The Kier molecular flexibility index (Phi) is 6.88. The Balaban J connectivity index is 1.82. The van der Waals surface area contributed by atoms with E-state index in [4.69, 9.17) is 9.47 Å². The Morgan fingerprint density at radius 2 is 1.94 bits per heavy atom. The second-order valence-corrected chi connectivity index (χ2v) is 9.56. The topological polar surface area (TPSA) is 88.2 Å². The van der Waals surface area contributed by atoms with Crippen LogP contribution in [0.2, 0.25) is 0 Å². The van der Waals surface area contributed by atoms with Gasteiger partial charge in [0.25, 0.3) is 0 Å². The molecule has 2 atom stereocenters. The van der Waals surface area contributed by atoms with E-state index in [1.165, 1.54) is 19.1 Å². The number of carbonyl (C=O) groups is 1. The van der Waals surface area contributed by atoms with Gasteiger partial charge in [0.1, 0.15) is 17.6 Å². The lowest BCUT2D eigenvalue weighted by atomic mass is 10.1. The summed E-state index contributed by atoms with van der Waals surface area (Å²) in [5.74, 6) is 1.07. The van der Waals surface area contributed by atoms with E-state index in [0.29, 0.717) is 18.0 Å². The first-order valence-corrected chi connectivity index (χ1v) is 11.5. The lowest BCUT2D eigenvalue weighted by Gasteiger charge is -2.33. The van der Waals surface area contributed by atoms with Crippen LogP contribution in [0.5, 0.6) is 11.5 Å². The highest BCUT2D eigenvalue weighted by atomic mass is 32.2. The summed E-state index contributed by atoms with van der Waals surface area (Å²) in [7, 11) is 1.59. The van der Waals surface area contributed by atoms with E-state index in [1.54, 1.807) is 18.1 Å². The highest BCUT2D eigenvalue weighted by Gasteiger charge is 2.28. The van der Waals surface area contributed by atoms with Crippen molar-refractivity contribution in [3.05, 3.63) is 48.0 Å². The zero-order valence-electron chi connectivity index (χ0n) is 18.5. The van der Waals surface area contributed by atoms with E-state index in [0.717, 1.165) is 11.3 Å². The van der Waals surface area contributed by atoms with Crippen molar-refractivity contribution >= 4 is 21.6 Å². The van der Waals surface area contributed by atoms with Crippen LogP contribution < -0.4 is 19.1 Å². The fourth-order valence-electron chi connectivity index (χ4n) is 3.58. The van der Waals surface area contributed by atoms with E-state index in [1.807, 2.05) is 50.2 Å². The van der Waals surface area contributed by atoms with Gasteiger partial charge in [0.15, 0.2) is 0 Å². The third kappa shape index (κ3) is 5.17. The van der Waals surface area contributed by atoms with Crippen LogP contribution in [0.3, 0.4) is 0 Å². The Morgan fingerprint density at radius 1 is 1.26 bits per heavy atom. The molecule has 0 saturated carbocycles. The molecule has 1 aliphatic heterocycles. The summed E-state index contributed by atoms with van der Waals surface area (Å²) < 4.78 is 39.7. The summed E-state index contributed by atoms with van der Waals surface area (Å²) in [6.07, 6.45) is -0.165. The van der Waals surface area contributed by atoms with E-state index < -0.39 is 10.0 Å². The van der Waals surface area contributed by atoms with Crippen LogP contribution in [-0.2, 0) is 14.8 Å². The highest BCUT2D eigenvalue weighted by Crippen LogP contribution is 2.35. The number of ether oxygens (including phenoxy) is 2. The van der Waals surface area contributed by atoms with Crippen molar-refractivity contribution in [1.29, 1.82) is 0 Å². The molecule has 1 amide bonds. The Labute approximate surface area is 183 Å². The zero-order valence-corrected chi connectivity index (χ0v) is 19.3. The molecule has 1 heterocycles. The first-order chi connectivity index (χ1) is 14.6. The van der Waals surface area contributed by atoms with E-state index in [2.05, 4.69) is 4.72 Å². The second-order valence-electron chi connectivity index (χ2n) is 7.79. The monoisotopic (exact) mass is 447 g/mol. The van der Waals surface area contributed by atoms with Crippen LogP contribution in [0.15, 0.2) is 47.4 Å². The van der Waals surface area contributed by atoms with Gasteiger partial charge in [-0.05, 0) is 56.9 Å². The number of methoxy groups -OCH3 is 1. The van der Waals surface area contributed by atoms with Crippen LogP contribution in [0, 0.1) is 0 Å². The molecule has 2 aromatic carbocycles. The third-order valence-corrected chi connectivity index (χ3v) is 6.69. The van der Waals surface area contributed by atoms with Gasteiger partial charge >= 0.3 is 0 Å². The smallest absolute Gasteiger partial charge is 0.240 e. The number of nitrogens with zero attached hydrogens (tertiary/aromatic N) is 2. The van der Waals surface area contributed by atoms with E-state index in [-0.39, 0.29) is 29.5 Å². The fraction of sp³-hybridized carbons (Fsp3) is 0.409. The number of hydrogen-bond acceptors (Lipinski definition) is 6. The molecule has 0 fully saturated rings. The molecule has 168 valence electrons. The Morgan fingerprint density at radius 3 is 2.52 bits per heavy atom. The largest absolute Gasteiger partial charge is 0.497 e. The lowest BCUT2D eigenvalue weighted by molar-refractivity contribution is -0.117. The van der Waals surface area contributed by atoms with Gasteiger partial charge in [-0.2, -0.15) is 0 Å². The van der Waals surface area contributed by atoms with Crippen molar-refractivity contribution in [3.8, 4) is 11.5 Å². The molecule has 0 aromatic heterocycles. The van der Waals surface area contributed by atoms with Crippen LogP contribution in [0.25, 0.3) is 0 Å². The van der Waals surface area contributed by atoms with Crippen LogP contribution in [0.1, 0.15) is 25.5 Å². The molecule has 31 heavy (non-hydrogen) atoms. The number of hydrogen-bond donors (Lipinski definition) is 1. The second kappa shape index (κ2) is 9.25. The van der Waals surface area contributed by atoms with Crippen molar-refractivity contribution in [3.63, 3.8) is 0 Å². The van der Waals surface area contributed by atoms with Crippen molar-refractivity contribution in [2.45, 2.75) is 30.9 Å². The maximum Gasteiger partial charge on any atom is 0.240 e. The minimum Gasteiger partial charge on any atom is -0.497 e. The molecular weight excluding hydrogens is 418 g/mol. The number of carbonyl (C=O) groups excluding carboxylic acids is 1. The van der Waals surface area contributed by atoms with Gasteiger partial charge in [0, 0.05) is 19.5 Å². The fourth-order valence-corrected chi connectivity index (χ4v) is 4.64. The quantitative estimate of drug-likeness (QED) is 0.701. The maximum atomic E-state index is 13.0. The highest BCUT2D eigenvalue weighted by molar-refractivity contribution is 7.89. The van der Waals surface area contributed by atoms with Crippen molar-refractivity contribution in [2.24, 2.45) is 0 Å². The summed E-state index contributed by atoms with van der Waals surface area (Å²) in [6, 6.07) is 11.9. The number of sulfonamides is 1. The minimum atomic E-state index is -3.80. The van der Waals surface area contributed by atoms with Gasteiger partial charge in [-0.3, -0.25) is 4.79 Å². The zero-order chi connectivity index (χ0) is 22.8. The first-order valence-electron chi connectivity index (χ1n) is 10.0.